The lowest BCUT2D eigenvalue weighted by molar-refractivity contribution is 0.0701. The van der Waals surface area contributed by atoms with Gasteiger partial charge in [-0.2, -0.15) is 5.26 Å². The Bertz CT molecular complexity index is 713. The molecule has 0 bridgehead atoms. The average molecular weight is 287 g/mol. The molecular formula is C13H9N3O3S. The Labute approximate surface area is 118 Å². The highest BCUT2D eigenvalue weighted by atomic mass is 32.1. The molecule has 0 saturated heterocycles. The molecule has 0 saturated carbocycles. The van der Waals surface area contributed by atoms with Gasteiger partial charge in [-0.1, -0.05) is 11.3 Å². The van der Waals surface area contributed by atoms with E-state index in [1.54, 1.807) is 6.92 Å². The molecule has 7 heteroatoms. The van der Waals surface area contributed by atoms with Crippen LogP contribution in [0.5, 0.6) is 0 Å². The number of carboxylic acids is 1. The summed E-state index contributed by atoms with van der Waals surface area (Å²) < 4.78 is 0. The summed E-state index contributed by atoms with van der Waals surface area (Å²) in [6.07, 6.45) is 0. The van der Waals surface area contributed by atoms with E-state index < -0.39 is 11.9 Å². The fourth-order valence-corrected chi connectivity index (χ4v) is 2.31. The molecule has 1 amide bonds. The second-order valence-electron chi connectivity index (χ2n) is 3.88. The monoisotopic (exact) mass is 287 g/mol. The fourth-order valence-electron chi connectivity index (χ4n) is 1.51. The Balaban J connectivity index is 2.17. The lowest BCUT2D eigenvalue weighted by Crippen LogP contribution is -2.11. The molecule has 0 unspecified atom stereocenters. The molecule has 2 rings (SSSR count). The molecule has 0 radical (unpaired) electrons. The zero-order valence-electron chi connectivity index (χ0n) is 10.4. The van der Waals surface area contributed by atoms with Gasteiger partial charge in [0.05, 0.1) is 17.3 Å². The Morgan fingerprint density at radius 3 is 2.50 bits per heavy atom. The number of anilines is 1. The molecule has 0 aliphatic carbocycles. The molecule has 100 valence electrons. The highest BCUT2D eigenvalue weighted by molar-refractivity contribution is 7.17. The Morgan fingerprint density at radius 2 is 2.00 bits per heavy atom. The quantitative estimate of drug-likeness (QED) is 0.901. The number of aromatic carboxylic acids is 1. The maximum absolute atomic E-state index is 11.9. The van der Waals surface area contributed by atoms with Crippen molar-refractivity contribution >= 4 is 28.3 Å². The van der Waals surface area contributed by atoms with Crippen molar-refractivity contribution in [2.24, 2.45) is 0 Å². The van der Waals surface area contributed by atoms with Gasteiger partial charge in [-0.05, 0) is 31.2 Å². The number of carbonyl (C=O) groups excluding carboxylic acids is 1. The van der Waals surface area contributed by atoms with Crippen LogP contribution in [0.3, 0.4) is 0 Å². The van der Waals surface area contributed by atoms with Gasteiger partial charge < -0.3 is 5.11 Å². The van der Waals surface area contributed by atoms with Crippen LogP contribution < -0.4 is 5.32 Å². The first kappa shape index (κ1) is 13.7. The van der Waals surface area contributed by atoms with Crippen LogP contribution in [-0.2, 0) is 0 Å². The van der Waals surface area contributed by atoms with Gasteiger partial charge in [0.25, 0.3) is 5.91 Å². The van der Waals surface area contributed by atoms with Crippen molar-refractivity contribution in [2.45, 2.75) is 6.92 Å². The van der Waals surface area contributed by atoms with Crippen molar-refractivity contribution < 1.29 is 14.7 Å². The highest BCUT2D eigenvalue weighted by Gasteiger charge is 2.16. The number of hydrogen-bond acceptors (Lipinski definition) is 5. The molecular weight excluding hydrogens is 278 g/mol. The van der Waals surface area contributed by atoms with Crippen LogP contribution in [0, 0.1) is 18.3 Å². The van der Waals surface area contributed by atoms with Crippen LogP contribution in [0.1, 0.15) is 31.3 Å². The van der Waals surface area contributed by atoms with E-state index in [0.29, 0.717) is 16.8 Å². The van der Waals surface area contributed by atoms with E-state index in [1.807, 2.05) is 6.07 Å². The number of nitrogens with one attached hydrogen (secondary N) is 1. The van der Waals surface area contributed by atoms with E-state index in [4.69, 9.17) is 10.4 Å². The highest BCUT2D eigenvalue weighted by Crippen LogP contribution is 2.22. The van der Waals surface area contributed by atoms with Crippen molar-refractivity contribution in [3.63, 3.8) is 0 Å². The van der Waals surface area contributed by atoms with Crippen LogP contribution in [0.2, 0.25) is 0 Å². The number of nitriles is 1. The van der Waals surface area contributed by atoms with E-state index in [2.05, 4.69) is 10.3 Å². The molecule has 6 nitrogen and oxygen atoms in total. The molecule has 20 heavy (non-hydrogen) atoms. The lowest BCUT2D eigenvalue weighted by atomic mass is 10.1. The zero-order chi connectivity index (χ0) is 14.7. The number of benzene rings is 1. The van der Waals surface area contributed by atoms with Crippen LogP contribution in [0.25, 0.3) is 0 Å². The first-order valence-corrected chi connectivity index (χ1v) is 6.35. The summed E-state index contributed by atoms with van der Waals surface area (Å²) in [5, 5.41) is 20.4. The summed E-state index contributed by atoms with van der Waals surface area (Å²) in [5.41, 5.74) is 1.19. The number of hydrogen-bond donors (Lipinski definition) is 2. The number of aromatic nitrogens is 1. The maximum Gasteiger partial charge on any atom is 0.347 e. The summed E-state index contributed by atoms with van der Waals surface area (Å²) in [7, 11) is 0. The molecule has 1 aromatic heterocycles. The average Bonchev–Trinajstić information content (AvgIpc) is 2.79. The summed E-state index contributed by atoms with van der Waals surface area (Å²) in [5.74, 6) is -1.47. The minimum Gasteiger partial charge on any atom is -0.477 e. The maximum atomic E-state index is 11.9. The standard InChI is InChI=1S/C13H9N3O3S/c1-7-10(12(18)19)20-13(15-7)16-11(17)9-4-2-8(6-14)3-5-9/h2-5H,1H3,(H,18,19)(H,15,16,17). The van der Waals surface area contributed by atoms with Crippen molar-refractivity contribution in [1.29, 1.82) is 5.26 Å². The van der Waals surface area contributed by atoms with E-state index in [-0.39, 0.29) is 10.0 Å². The van der Waals surface area contributed by atoms with Gasteiger partial charge in [0, 0.05) is 5.56 Å². The Kier molecular flexibility index (Phi) is 3.77. The van der Waals surface area contributed by atoms with Gasteiger partial charge in [-0.3, -0.25) is 10.1 Å². The van der Waals surface area contributed by atoms with Gasteiger partial charge in [0.15, 0.2) is 5.13 Å². The van der Waals surface area contributed by atoms with Crippen LogP contribution in [0.15, 0.2) is 24.3 Å². The third-order valence-electron chi connectivity index (χ3n) is 2.49. The third-order valence-corrected chi connectivity index (χ3v) is 3.55. The fraction of sp³-hybridized carbons (Fsp3) is 0.0769. The number of rotatable bonds is 3. The van der Waals surface area contributed by atoms with Gasteiger partial charge in [-0.15, -0.1) is 0 Å². The number of nitrogens with zero attached hydrogens (tertiary/aromatic N) is 2. The summed E-state index contributed by atoms with van der Waals surface area (Å²) in [4.78, 5) is 26.9. The summed E-state index contributed by atoms with van der Waals surface area (Å²) >= 11 is 0.903. The Hall–Kier alpha value is -2.72. The molecule has 0 aliphatic heterocycles. The number of carbonyl (C=O) groups is 2. The minimum atomic E-state index is -1.07. The third kappa shape index (κ3) is 2.81. The van der Waals surface area contributed by atoms with Crippen molar-refractivity contribution in [3.8, 4) is 6.07 Å². The first-order chi connectivity index (χ1) is 9.51. The minimum absolute atomic E-state index is 0.0973. The SMILES string of the molecule is Cc1nc(NC(=O)c2ccc(C#N)cc2)sc1C(=O)O. The van der Waals surface area contributed by atoms with Crippen molar-refractivity contribution in [2.75, 3.05) is 5.32 Å². The summed E-state index contributed by atoms with van der Waals surface area (Å²) in [6, 6.07) is 8.06. The van der Waals surface area contributed by atoms with E-state index in [9.17, 15) is 9.59 Å². The first-order valence-electron chi connectivity index (χ1n) is 5.53. The van der Waals surface area contributed by atoms with Crippen molar-refractivity contribution in [1.82, 2.24) is 4.98 Å². The molecule has 0 atom stereocenters. The molecule has 0 spiro atoms. The molecule has 2 N–H and O–H groups in total. The molecule has 0 aliphatic rings. The number of aryl methyl sites for hydroxylation is 1. The van der Waals surface area contributed by atoms with Crippen LogP contribution in [-0.4, -0.2) is 22.0 Å². The van der Waals surface area contributed by atoms with Crippen LogP contribution in [0.4, 0.5) is 5.13 Å². The van der Waals surface area contributed by atoms with Gasteiger partial charge in [-0.25, -0.2) is 9.78 Å². The smallest absolute Gasteiger partial charge is 0.347 e. The number of carboxylic acid groups (broad SMARTS) is 1. The molecule has 2 aromatic rings. The normalized spacial score (nSPS) is 9.80. The predicted octanol–water partition coefficient (Wildman–Crippen LogP) is 2.27. The summed E-state index contributed by atoms with van der Waals surface area (Å²) in [6.45, 7) is 1.57. The van der Waals surface area contributed by atoms with Gasteiger partial charge >= 0.3 is 5.97 Å². The Morgan fingerprint density at radius 1 is 1.35 bits per heavy atom. The van der Waals surface area contributed by atoms with Crippen LogP contribution >= 0.6 is 11.3 Å². The second kappa shape index (κ2) is 5.50. The topological polar surface area (TPSA) is 103 Å². The van der Waals surface area contributed by atoms with Gasteiger partial charge in [0.2, 0.25) is 0 Å². The second-order valence-corrected chi connectivity index (χ2v) is 4.88. The van der Waals surface area contributed by atoms with E-state index in [0.717, 1.165) is 11.3 Å². The zero-order valence-corrected chi connectivity index (χ0v) is 11.2. The molecule has 1 heterocycles. The van der Waals surface area contributed by atoms with Gasteiger partial charge in [0.1, 0.15) is 4.88 Å². The molecule has 1 aromatic carbocycles. The van der Waals surface area contributed by atoms with Crippen molar-refractivity contribution in [3.05, 3.63) is 46.0 Å². The largest absolute Gasteiger partial charge is 0.477 e. The molecule has 0 fully saturated rings. The van der Waals surface area contributed by atoms with E-state index >= 15 is 0 Å². The number of amides is 1. The lowest BCUT2D eigenvalue weighted by Gasteiger charge is -2.01. The number of thiazole rings is 1. The van der Waals surface area contributed by atoms with E-state index in [1.165, 1.54) is 24.3 Å². The predicted molar refractivity (Wildman–Crippen MR) is 72.9 cm³/mol.